The maximum absolute atomic E-state index is 12.4. The van der Waals surface area contributed by atoms with Gasteiger partial charge in [-0.1, -0.05) is 15.9 Å². The predicted molar refractivity (Wildman–Crippen MR) is 84.7 cm³/mol. The van der Waals surface area contributed by atoms with Crippen LogP contribution in [0, 0.1) is 6.92 Å². The topological polar surface area (TPSA) is 56.2 Å². The average Bonchev–Trinajstić information content (AvgIpc) is 2.90. The van der Waals surface area contributed by atoms with Crippen molar-refractivity contribution in [1.82, 2.24) is 15.1 Å². The summed E-state index contributed by atoms with van der Waals surface area (Å²) in [6.45, 7) is 0.0307. The Morgan fingerprint density at radius 1 is 1.43 bits per heavy atom. The van der Waals surface area contributed by atoms with E-state index in [4.69, 9.17) is 0 Å². The highest BCUT2D eigenvalue weighted by Gasteiger charge is 2.16. The molecule has 1 aromatic heterocycles. The molecular weight excluding hydrogens is 372 g/mol. The Balaban J connectivity index is 1.92. The van der Waals surface area contributed by atoms with Gasteiger partial charge in [0.2, 0.25) is 0 Å². The first-order chi connectivity index (χ1) is 11.0. The number of rotatable bonds is 7. The summed E-state index contributed by atoms with van der Waals surface area (Å²) in [5.74, 6) is -0.609. The summed E-state index contributed by atoms with van der Waals surface area (Å²) in [6.07, 6.45) is 2.39. The molecule has 0 aliphatic heterocycles. The van der Waals surface area contributed by atoms with Crippen molar-refractivity contribution in [2.75, 3.05) is 6.54 Å². The lowest BCUT2D eigenvalue weighted by Gasteiger charge is -2.11. The fourth-order valence-corrected chi connectivity index (χ4v) is 2.40. The zero-order valence-electron chi connectivity index (χ0n) is 12.4. The highest BCUT2D eigenvalue weighted by atomic mass is 79.9. The lowest BCUT2D eigenvalue weighted by Crippen LogP contribution is -2.26. The minimum atomic E-state index is -2.98. The smallest absolute Gasteiger partial charge is 0.387 e. The lowest BCUT2D eigenvalue weighted by molar-refractivity contribution is -0.0501. The molecule has 0 aliphatic rings. The van der Waals surface area contributed by atoms with Crippen molar-refractivity contribution >= 4 is 21.8 Å². The van der Waals surface area contributed by atoms with Gasteiger partial charge in [0, 0.05) is 29.5 Å². The maximum Gasteiger partial charge on any atom is 0.387 e. The molecule has 124 valence electrons. The van der Waals surface area contributed by atoms with E-state index in [-0.39, 0.29) is 11.3 Å². The van der Waals surface area contributed by atoms with Crippen LogP contribution in [0.15, 0.2) is 34.9 Å². The van der Waals surface area contributed by atoms with Gasteiger partial charge in [-0.05, 0) is 37.6 Å². The van der Waals surface area contributed by atoms with E-state index in [9.17, 15) is 13.6 Å². The summed E-state index contributed by atoms with van der Waals surface area (Å²) in [7, 11) is 0. The molecule has 1 heterocycles. The highest BCUT2D eigenvalue weighted by molar-refractivity contribution is 9.10. The van der Waals surface area contributed by atoms with Crippen LogP contribution < -0.4 is 10.1 Å². The van der Waals surface area contributed by atoms with E-state index in [1.807, 2.05) is 17.7 Å². The third kappa shape index (κ3) is 5.02. The molecule has 0 spiro atoms. The summed E-state index contributed by atoms with van der Waals surface area (Å²) >= 11 is 3.21. The van der Waals surface area contributed by atoms with Gasteiger partial charge >= 0.3 is 6.61 Å². The number of alkyl halides is 2. The van der Waals surface area contributed by atoms with Gasteiger partial charge in [-0.3, -0.25) is 9.48 Å². The van der Waals surface area contributed by atoms with Gasteiger partial charge in [-0.15, -0.1) is 0 Å². The molecule has 0 saturated heterocycles. The van der Waals surface area contributed by atoms with E-state index < -0.39 is 12.5 Å². The number of aryl methyl sites for hydroxylation is 2. The number of benzene rings is 1. The lowest BCUT2D eigenvalue weighted by atomic mass is 10.2. The third-order valence-electron chi connectivity index (χ3n) is 3.16. The number of hydrogen-bond donors (Lipinski definition) is 1. The third-order valence-corrected chi connectivity index (χ3v) is 3.66. The Morgan fingerprint density at radius 2 is 2.22 bits per heavy atom. The SMILES string of the molecule is Cc1ccnn1CCCNC(=O)c1cc(Br)ccc1OC(F)F. The van der Waals surface area contributed by atoms with Crippen molar-refractivity contribution in [2.24, 2.45) is 0 Å². The van der Waals surface area contributed by atoms with Crippen LogP contribution in [-0.2, 0) is 6.54 Å². The molecule has 0 aliphatic carbocycles. The van der Waals surface area contributed by atoms with E-state index in [1.165, 1.54) is 18.2 Å². The predicted octanol–water partition coefficient (Wildman–Crippen LogP) is 3.38. The number of aromatic nitrogens is 2. The molecule has 23 heavy (non-hydrogen) atoms. The van der Waals surface area contributed by atoms with Crippen molar-refractivity contribution in [2.45, 2.75) is 26.5 Å². The quantitative estimate of drug-likeness (QED) is 0.740. The highest BCUT2D eigenvalue weighted by Crippen LogP contribution is 2.24. The van der Waals surface area contributed by atoms with Gasteiger partial charge < -0.3 is 10.1 Å². The summed E-state index contributed by atoms with van der Waals surface area (Å²) in [6, 6.07) is 6.21. The molecule has 0 bridgehead atoms. The van der Waals surface area contributed by atoms with Gasteiger partial charge in [-0.2, -0.15) is 13.9 Å². The summed E-state index contributed by atoms with van der Waals surface area (Å²) in [5, 5.41) is 6.84. The molecule has 2 rings (SSSR count). The minimum Gasteiger partial charge on any atom is -0.434 e. The number of amides is 1. The first-order valence-corrected chi connectivity index (χ1v) is 7.77. The molecule has 0 atom stereocenters. The standard InChI is InChI=1S/C15H16BrF2N3O2/c1-10-5-7-20-21(10)8-2-6-19-14(22)12-9-11(16)3-4-13(12)23-15(17)18/h3-5,7,9,15H,2,6,8H2,1H3,(H,19,22). The van der Waals surface area contributed by atoms with Gasteiger partial charge in [-0.25, -0.2) is 0 Å². The normalized spacial score (nSPS) is 10.8. The molecule has 1 aromatic carbocycles. The van der Waals surface area contributed by atoms with Gasteiger partial charge in [0.05, 0.1) is 5.56 Å². The molecule has 1 amide bonds. The van der Waals surface area contributed by atoms with Crippen molar-refractivity contribution in [3.63, 3.8) is 0 Å². The van der Waals surface area contributed by atoms with Gasteiger partial charge in [0.15, 0.2) is 0 Å². The molecule has 0 unspecified atom stereocenters. The van der Waals surface area contributed by atoms with E-state index >= 15 is 0 Å². The Hall–Kier alpha value is -1.96. The van der Waals surface area contributed by atoms with E-state index in [0.29, 0.717) is 24.0 Å². The number of nitrogens with one attached hydrogen (secondary N) is 1. The number of halogens is 3. The van der Waals surface area contributed by atoms with Crippen LogP contribution in [0.3, 0.4) is 0 Å². The Bertz CT molecular complexity index is 676. The van der Waals surface area contributed by atoms with Crippen LogP contribution in [0.5, 0.6) is 5.75 Å². The van der Waals surface area contributed by atoms with Crippen molar-refractivity contribution in [3.05, 3.63) is 46.2 Å². The Morgan fingerprint density at radius 3 is 2.87 bits per heavy atom. The zero-order chi connectivity index (χ0) is 16.8. The second-order valence-corrected chi connectivity index (χ2v) is 5.74. The Labute approximate surface area is 140 Å². The summed E-state index contributed by atoms with van der Waals surface area (Å²) in [4.78, 5) is 12.1. The molecule has 8 heteroatoms. The summed E-state index contributed by atoms with van der Waals surface area (Å²) in [5.41, 5.74) is 1.10. The van der Waals surface area contributed by atoms with Crippen LogP contribution in [-0.4, -0.2) is 28.8 Å². The second kappa shape index (κ2) is 8.05. The first kappa shape index (κ1) is 17.4. The van der Waals surface area contributed by atoms with E-state index in [1.54, 1.807) is 6.20 Å². The first-order valence-electron chi connectivity index (χ1n) is 6.98. The molecule has 2 aromatic rings. The number of hydrogen-bond acceptors (Lipinski definition) is 3. The fourth-order valence-electron chi connectivity index (χ4n) is 2.04. The van der Waals surface area contributed by atoms with Crippen LogP contribution in [0.25, 0.3) is 0 Å². The van der Waals surface area contributed by atoms with Crippen LogP contribution >= 0.6 is 15.9 Å². The zero-order valence-corrected chi connectivity index (χ0v) is 14.0. The molecule has 5 nitrogen and oxygen atoms in total. The van der Waals surface area contributed by atoms with E-state index in [0.717, 1.165) is 5.69 Å². The molecule has 1 N–H and O–H groups in total. The van der Waals surface area contributed by atoms with Crippen molar-refractivity contribution < 1.29 is 18.3 Å². The summed E-state index contributed by atoms with van der Waals surface area (Å²) < 4.78 is 31.6. The fraction of sp³-hybridized carbons (Fsp3) is 0.333. The number of ether oxygens (including phenoxy) is 1. The maximum atomic E-state index is 12.4. The largest absolute Gasteiger partial charge is 0.434 e. The number of nitrogens with zero attached hydrogens (tertiary/aromatic N) is 2. The molecule has 0 saturated carbocycles. The van der Waals surface area contributed by atoms with Crippen LogP contribution in [0.1, 0.15) is 22.5 Å². The average molecular weight is 388 g/mol. The van der Waals surface area contributed by atoms with Gasteiger partial charge in [0.1, 0.15) is 5.75 Å². The Kier molecular flexibility index (Phi) is 6.09. The van der Waals surface area contributed by atoms with E-state index in [2.05, 4.69) is 31.1 Å². The van der Waals surface area contributed by atoms with Crippen LogP contribution in [0.2, 0.25) is 0 Å². The molecular formula is C15H16BrF2N3O2. The van der Waals surface area contributed by atoms with Gasteiger partial charge in [0.25, 0.3) is 5.91 Å². The number of carbonyl (C=O) groups excluding carboxylic acids is 1. The second-order valence-electron chi connectivity index (χ2n) is 4.82. The van der Waals surface area contributed by atoms with Crippen molar-refractivity contribution in [1.29, 1.82) is 0 Å². The monoisotopic (exact) mass is 387 g/mol. The minimum absolute atomic E-state index is 0.0648. The molecule has 0 fully saturated rings. The number of carbonyl (C=O) groups is 1. The van der Waals surface area contributed by atoms with Crippen molar-refractivity contribution in [3.8, 4) is 5.75 Å². The molecule has 0 radical (unpaired) electrons. The van der Waals surface area contributed by atoms with Crippen LogP contribution in [0.4, 0.5) is 8.78 Å².